The van der Waals surface area contributed by atoms with E-state index in [9.17, 15) is 22.4 Å². The first-order valence-electron chi connectivity index (χ1n) is 11.8. The Labute approximate surface area is 216 Å². The van der Waals surface area contributed by atoms with Gasteiger partial charge in [-0.3, -0.25) is 14.5 Å². The van der Waals surface area contributed by atoms with Gasteiger partial charge in [0.25, 0.3) is 5.91 Å². The van der Waals surface area contributed by atoms with Gasteiger partial charge in [0.1, 0.15) is 12.4 Å². The van der Waals surface area contributed by atoms with Crippen LogP contribution < -0.4 is 9.80 Å². The fraction of sp³-hybridized carbons (Fsp3) is 0.214. The van der Waals surface area contributed by atoms with E-state index in [1.165, 1.54) is 17.0 Å². The first-order chi connectivity index (χ1) is 17.7. The van der Waals surface area contributed by atoms with Crippen molar-refractivity contribution in [3.8, 4) is 0 Å². The molecule has 1 aliphatic heterocycles. The molecule has 0 saturated carbocycles. The monoisotopic (exact) mass is 521 g/mol. The maximum Gasteiger partial charge on any atom is 0.258 e. The van der Waals surface area contributed by atoms with Crippen LogP contribution in [0.2, 0.25) is 0 Å². The van der Waals surface area contributed by atoms with Crippen LogP contribution in [0.5, 0.6) is 0 Å². The molecule has 3 aromatic rings. The van der Waals surface area contributed by atoms with E-state index in [2.05, 4.69) is 6.58 Å². The Morgan fingerprint density at radius 1 is 0.973 bits per heavy atom. The molecule has 0 atom stereocenters. The fourth-order valence-corrected chi connectivity index (χ4v) is 5.19. The number of anilines is 2. The maximum absolute atomic E-state index is 13.7. The second-order valence-electron chi connectivity index (χ2n) is 8.81. The molecule has 0 spiro atoms. The van der Waals surface area contributed by atoms with Crippen molar-refractivity contribution in [3.05, 3.63) is 96.3 Å². The van der Waals surface area contributed by atoms with Crippen LogP contribution in [0, 0.1) is 5.82 Å². The summed E-state index contributed by atoms with van der Waals surface area (Å²) < 4.78 is 38.1. The first-order valence-corrected chi connectivity index (χ1v) is 13.7. The van der Waals surface area contributed by atoms with E-state index in [4.69, 9.17) is 0 Å². The number of sulfone groups is 1. The lowest BCUT2D eigenvalue weighted by Crippen LogP contribution is -2.52. The van der Waals surface area contributed by atoms with Crippen LogP contribution in [0.15, 0.2) is 84.3 Å². The zero-order valence-electron chi connectivity index (χ0n) is 20.5. The number of hydrogen-bond acceptors (Lipinski definition) is 5. The number of rotatable bonds is 7. The van der Waals surface area contributed by atoms with E-state index in [-0.39, 0.29) is 23.3 Å². The second kappa shape index (κ2) is 11.0. The zero-order valence-corrected chi connectivity index (χ0v) is 21.3. The summed E-state index contributed by atoms with van der Waals surface area (Å²) in [5.41, 5.74) is 2.37. The molecular weight excluding hydrogens is 493 g/mol. The van der Waals surface area contributed by atoms with Crippen LogP contribution in [0.3, 0.4) is 0 Å². The molecule has 3 aromatic carbocycles. The van der Waals surface area contributed by atoms with Crippen LogP contribution in [-0.2, 0) is 14.6 Å². The van der Waals surface area contributed by atoms with Crippen LogP contribution in [-0.4, -0.2) is 64.1 Å². The van der Waals surface area contributed by atoms with Gasteiger partial charge in [-0.1, -0.05) is 43.0 Å². The predicted molar refractivity (Wildman–Crippen MR) is 143 cm³/mol. The summed E-state index contributed by atoms with van der Waals surface area (Å²) in [7, 11) is -3.63. The third-order valence-corrected chi connectivity index (χ3v) is 7.42. The van der Waals surface area contributed by atoms with Crippen molar-refractivity contribution in [2.24, 2.45) is 0 Å². The van der Waals surface area contributed by atoms with Crippen molar-refractivity contribution in [2.45, 2.75) is 4.90 Å². The molecule has 37 heavy (non-hydrogen) atoms. The summed E-state index contributed by atoms with van der Waals surface area (Å²) in [6.45, 7) is 5.02. The van der Waals surface area contributed by atoms with Crippen LogP contribution >= 0.6 is 0 Å². The van der Waals surface area contributed by atoms with Gasteiger partial charge in [0.2, 0.25) is 5.91 Å². The van der Waals surface area contributed by atoms with Gasteiger partial charge in [0.05, 0.1) is 10.6 Å². The van der Waals surface area contributed by atoms with E-state index in [1.807, 2.05) is 23.1 Å². The van der Waals surface area contributed by atoms with Gasteiger partial charge >= 0.3 is 0 Å². The lowest BCUT2D eigenvalue weighted by Gasteiger charge is -2.37. The number of carbonyl (C=O) groups is 2. The van der Waals surface area contributed by atoms with Crippen molar-refractivity contribution in [1.82, 2.24) is 4.90 Å². The molecule has 0 bridgehead atoms. The topological polar surface area (TPSA) is 78.0 Å². The van der Waals surface area contributed by atoms with Crippen molar-refractivity contribution in [1.29, 1.82) is 0 Å². The number of benzene rings is 3. The minimum atomic E-state index is -3.63. The van der Waals surface area contributed by atoms with Crippen LogP contribution in [0.1, 0.15) is 15.9 Å². The Morgan fingerprint density at radius 3 is 2.22 bits per heavy atom. The van der Waals surface area contributed by atoms with Gasteiger partial charge < -0.3 is 9.80 Å². The number of amides is 2. The highest BCUT2D eigenvalue weighted by molar-refractivity contribution is 7.90. The summed E-state index contributed by atoms with van der Waals surface area (Å²) >= 11 is 0. The number of nitrogens with zero attached hydrogens (tertiary/aromatic N) is 3. The Kier molecular flexibility index (Phi) is 7.73. The molecule has 0 N–H and O–H groups in total. The molecule has 0 aliphatic carbocycles. The maximum atomic E-state index is 13.7. The molecule has 4 rings (SSSR count). The lowest BCUT2D eigenvalue weighted by molar-refractivity contribution is -0.129. The quantitative estimate of drug-likeness (QED) is 0.472. The van der Waals surface area contributed by atoms with E-state index in [1.54, 1.807) is 47.4 Å². The Hall–Kier alpha value is -3.98. The summed E-state index contributed by atoms with van der Waals surface area (Å²) in [6.07, 6.45) is 2.74. The van der Waals surface area contributed by atoms with Crippen molar-refractivity contribution >= 4 is 39.1 Å². The normalized spacial score (nSPS) is 13.8. The first kappa shape index (κ1) is 26.1. The highest BCUT2D eigenvalue weighted by atomic mass is 32.2. The molecule has 0 unspecified atom stereocenters. The van der Waals surface area contributed by atoms with Crippen LogP contribution in [0.4, 0.5) is 15.8 Å². The van der Waals surface area contributed by atoms with E-state index in [0.29, 0.717) is 43.1 Å². The molecule has 192 valence electrons. The summed E-state index contributed by atoms with van der Waals surface area (Å²) in [6, 6.07) is 19.7. The summed E-state index contributed by atoms with van der Waals surface area (Å²) in [5, 5.41) is 0. The van der Waals surface area contributed by atoms with Gasteiger partial charge in [0.15, 0.2) is 9.84 Å². The molecule has 2 amide bonds. The second-order valence-corrected chi connectivity index (χ2v) is 10.8. The van der Waals surface area contributed by atoms with Gasteiger partial charge in [-0.2, -0.15) is 0 Å². The van der Waals surface area contributed by atoms with E-state index >= 15 is 0 Å². The van der Waals surface area contributed by atoms with Gasteiger partial charge in [0, 0.05) is 43.7 Å². The fourth-order valence-electron chi connectivity index (χ4n) is 4.28. The highest BCUT2D eigenvalue weighted by Gasteiger charge is 2.28. The Bertz CT molecular complexity index is 1400. The number of para-hydroxylation sites is 1. The molecule has 1 aliphatic rings. The lowest BCUT2D eigenvalue weighted by atomic mass is 10.1. The number of carbonyl (C=O) groups excluding carboxylic acids is 2. The smallest absolute Gasteiger partial charge is 0.258 e. The third kappa shape index (κ3) is 6.06. The summed E-state index contributed by atoms with van der Waals surface area (Å²) in [5.74, 6) is -1.14. The standard InChI is InChI=1S/C28H28FN3O4S/c1-3-21-9-11-22(12-10-21)28(34)32(24-7-5-4-6-8-24)20-27(33)31-17-15-30(16-18-31)25-14-13-23(29)19-26(25)37(2,35)36/h3-14,19H,1,15-18,20H2,2H3. The van der Waals surface area contributed by atoms with Gasteiger partial charge in [-0.15, -0.1) is 0 Å². The van der Waals surface area contributed by atoms with Gasteiger partial charge in [-0.05, 0) is 48.0 Å². The average molecular weight is 522 g/mol. The number of hydrogen-bond donors (Lipinski definition) is 0. The SMILES string of the molecule is C=Cc1ccc(C(=O)N(CC(=O)N2CCN(c3ccc(F)cc3S(C)(=O)=O)CC2)c2ccccc2)cc1. The van der Waals surface area contributed by atoms with Crippen LogP contribution in [0.25, 0.3) is 6.08 Å². The zero-order chi connectivity index (χ0) is 26.6. The van der Waals surface area contributed by atoms with Gasteiger partial charge in [-0.25, -0.2) is 12.8 Å². The molecule has 1 fully saturated rings. The molecule has 1 heterocycles. The molecule has 9 heteroatoms. The molecule has 7 nitrogen and oxygen atoms in total. The number of halogens is 1. The summed E-state index contributed by atoms with van der Waals surface area (Å²) in [4.78, 5) is 31.6. The minimum Gasteiger partial charge on any atom is -0.367 e. The predicted octanol–water partition coefficient (Wildman–Crippen LogP) is 3.87. The molecule has 0 radical (unpaired) electrons. The number of piperazine rings is 1. The van der Waals surface area contributed by atoms with Crippen molar-refractivity contribution < 1.29 is 22.4 Å². The average Bonchev–Trinajstić information content (AvgIpc) is 2.91. The molecule has 1 saturated heterocycles. The molecule has 0 aromatic heterocycles. The molecular formula is C28H28FN3O4S. The Morgan fingerprint density at radius 2 is 1.62 bits per heavy atom. The van der Waals surface area contributed by atoms with E-state index < -0.39 is 15.7 Å². The largest absolute Gasteiger partial charge is 0.367 e. The van der Waals surface area contributed by atoms with Crippen molar-refractivity contribution in [2.75, 3.05) is 48.8 Å². The Balaban J connectivity index is 1.49. The van der Waals surface area contributed by atoms with E-state index in [0.717, 1.165) is 17.9 Å². The highest BCUT2D eigenvalue weighted by Crippen LogP contribution is 2.27. The van der Waals surface area contributed by atoms with Crippen molar-refractivity contribution in [3.63, 3.8) is 0 Å². The minimum absolute atomic E-state index is 0.0735. The third-order valence-electron chi connectivity index (χ3n) is 6.29.